The van der Waals surface area contributed by atoms with Crippen molar-refractivity contribution in [2.45, 2.75) is 12.2 Å². The van der Waals surface area contributed by atoms with E-state index in [-0.39, 0.29) is 5.56 Å². The van der Waals surface area contributed by atoms with Crippen LogP contribution in [0.5, 0.6) is 0 Å². The number of rotatable bonds is 3. The van der Waals surface area contributed by atoms with Gasteiger partial charge in [-0.15, -0.1) is 0 Å². The Labute approximate surface area is 113 Å². The Morgan fingerprint density at radius 1 is 1.30 bits per heavy atom. The van der Waals surface area contributed by atoms with Gasteiger partial charge in [0.05, 0.1) is 17.8 Å². The minimum atomic E-state index is -4.71. The van der Waals surface area contributed by atoms with Crippen molar-refractivity contribution in [1.82, 2.24) is 15.1 Å². The SMILES string of the molecule is CNC(c1cnn(C)c1)c1cccc(C(F)(F)F)c1F. The maximum absolute atomic E-state index is 14.1. The van der Waals surface area contributed by atoms with Gasteiger partial charge in [0.15, 0.2) is 0 Å². The highest BCUT2D eigenvalue weighted by molar-refractivity contribution is 5.35. The largest absolute Gasteiger partial charge is 0.419 e. The summed E-state index contributed by atoms with van der Waals surface area (Å²) in [5.74, 6) is -1.26. The molecule has 0 saturated carbocycles. The van der Waals surface area contributed by atoms with Gasteiger partial charge in [-0.25, -0.2) is 4.39 Å². The second kappa shape index (κ2) is 5.24. The molecule has 7 heteroatoms. The fourth-order valence-corrected chi connectivity index (χ4v) is 2.08. The molecule has 1 aromatic heterocycles. The van der Waals surface area contributed by atoms with Crippen LogP contribution in [0.2, 0.25) is 0 Å². The number of hydrogen-bond donors (Lipinski definition) is 1. The Kier molecular flexibility index (Phi) is 3.80. The lowest BCUT2D eigenvalue weighted by Gasteiger charge is -2.18. The first-order valence-corrected chi connectivity index (χ1v) is 5.86. The Morgan fingerprint density at radius 2 is 2.00 bits per heavy atom. The van der Waals surface area contributed by atoms with E-state index in [1.165, 1.54) is 23.0 Å². The molecule has 1 heterocycles. The third-order valence-electron chi connectivity index (χ3n) is 2.99. The second-order valence-corrected chi connectivity index (χ2v) is 4.38. The molecule has 108 valence electrons. The standard InChI is InChI=1S/C13H13F4N3/c1-18-12(8-6-19-20(2)7-8)9-4-3-5-10(11(9)14)13(15,16)17/h3-7,12,18H,1-2H3. The maximum atomic E-state index is 14.1. The van der Waals surface area contributed by atoms with E-state index in [1.807, 2.05) is 0 Å². The molecular weight excluding hydrogens is 274 g/mol. The summed E-state index contributed by atoms with van der Waals surface area (Å²) in [6, 6.07) is 2.57. The van der Waals surface area contributed by atoms with Crippen molar-refractivity contribution < 1.29 is 17.6 Å². The van der Waals surface area contributed by atoms with Crippen molar-refractivity contribution >= 4 is 0 Å². The maximum Gasteiger partial charge on any atom is 0.419 e. The van der Waals surface area contributed by atoms with Gasteiger partial charge in [0.25, 0.3) is 0 Å². The number of benzene rings is 1. The molecule has 0 radical (unpaired) electrons. The molecule has 1 atom stereocenters. The monoisotopic (exact) mass is 287 g/mol. The van der Waals surface area contributed by atoms with Gasteiger partial charge in [-0.2, -0.15) is 18.3 Å². The van der Waals surface area contributed by atoms with E-state index >= 15 is 0 Å². The summed E-state index contributed by atoms with van der Waals surface area (Å²) in [7, 11) is 3.23. The molecule has 3 nitrogen and oxygen atoms in total. The molecule has 2 rings (SSSR count). The van der Waals surface area contributed by atoms with Crippen LogP contribution in [0.15, 0.2) is 30.6 Å². The van der Waals surface area contributed by atoms with Crippen LogP contribution in [-0.4, -0.2) is 16.8 Å². The van der Waals surface area contributed by atoms with Gasteiger partial charge in [-0.1, -0.05) is 12.1 Å². The van der Waals surface area contributed by atoms with Gasteiger partial charge in [0.1, 0.15) is 5.82 Å². The zero-order chi connectivity index (χ0) is 14.9. The molecule has 0 spiro atoms. The zero-order valence-electron chi connectivity index (χ0n) is 10.9. The zero-order valence-corrected chi connectivity index (χ0v) is 10.9. The molecule has 1 N–H and O–H groups in total. The van der Waals surface area contributed by atoms with Gasteiger partial charge in [0, 0.05) is 24.4 Å². The van der Waals surface area contributed by atoms with E-state index in [4.69, 9.17) is 0 Å². The van der Waals surface area contributed by atoms with Gasteiger partial charge in [0.2, 0.25) is 0 Å². The number of aromatic nitrogens is 2. The lowest BCUT2D eigenvalue weighted by Crippen LogP contribution is -2.20. The minimum Gasteiger partial charge on any atom is -0.309 e. The summed E-state index contributed by atoms with van der Waals surface area (Å²) < 4.78 is 53.8. The first-order chi connectivity index (χ1) is 9.34. The number of hydrogen-bond acceptors (Lipinski definition) is 2. The lowest BCUT2D eigenvalue weighted by molar-refractivity contribution is -0.140. The summed E-state index contributed by atoms with van der Waals surface area (Å²) >= 11 is 0. The Bertz CT molecular complexity index is 604. The highest BCUT2D eigenvalue weighted by Gasteiger charge is 2.35. The summed E-state index contributed by atoms with van der Waals surface area (Å²) in [5.41, 5.74) is -0.734. The number of halogens is 4. The van der Waals surface area contributed by atoms with Crippen LogP contribution < -0.4 is 5.32 Å². The number of nitrogens with zero attached hydrogens (tertiary/aromatic N) is 2. The molecule has 20 heavy (non-hydrogen) atoms. The van der Waals surface area contributed by atoms with Crippen LogP contribution in [0, 0.1) is 5.82 Å². The van der Waals surface area contributed by atoms with Crippen LogP contribution in [0.3, 0.4) is 0 Å². The van der Waals surface area contributed by atoms with Gasteiger partial charge in [-0.05, 0) is 13.1 Å². The van der Waals surface area contributed by atoms with E-state index in [0.29, 0.717) is 5.56 Å². The van der Waals surface area contributed by atoms with Crippen LogP contribution in [0.4, 0.5) is 17.6 Å². The van der Waals surface area contributed by atoms with E-state index in [2.05, 4.69) is 10.4 Å². The third-order valence-corrected chi connectivity index (χ3v) is 2.99. The fourth-order valence-electron chi connectivity index (χ4n) is 2.08. The molecule has 1 unspecified atom stereocenters. The summed E-state index contributed by atoms with van der Waals surface area (Å²) in [6.07, 6.45) is -1.60. The van der Waals surface area contributed by atoms with Crippen molar-refractivity contribution in [2.24, 2.45) is 7.05 Å². The molecule has 0 amide bonds. The molecule has 0 bridgehead atoms. The van der Waals surface area contributed by atoms with Gasteiger partial charge in [-0.3, -0.25) is 4.68 Å². The van der Waals surface area contributed by atoms with Crippen molar-refractivity contribution in [2.75, 3.05) is 7.05 Å². The van der Waals surface area contributed by atoms with Gasteiger partial charge >= 0.3 is 6.18 Å². The molecule has 2 aromatic rings. The Hall–Kier alpha value is -1.89. The van der Waals surface area contributed by atoms with Gasteiger partial charge < -0.3 is 5.32 Å². The minimum absolute atomic E-state index is 0.0599. The molecule has 0 saturated heterocycles. The Morgan fingerprint density at radius 3 is 2.50 bits per heavy atom. The van der Waals surface area contributed by atoms with Crippen molar-refractivity contribution in [3.05, 3.63) is 53.1 Å². The van der Waals surface area contributed by atoms with E-state index in [1.54, 1.807) is 20.3 Å². The first-order valence-electron chi connectivity index (χ1n) is 5.86. The lowest BCUT2D eigenvalue weighted by atomic mass is 9.98. The van der Waals surface area contributed by atoms with E-state index < -0.39 is 23.6 Å². The molecule has 0 aliphatic carbocycles. The third kappa shape index (κ3) is 2.67. The highest BCUT2D eigenvalue weighted by Crippen LogP contribution is 2.35. The smallest absolute Gasteiger partial charge is 0.309 e. The molecule has 0 aliphatic heterocycles. The fraction of sp³-hybridized carbons (Fsp3) is 0.308. The van der Waals surface area contributed by atoms with Crippen molar-refractivity contribution in [3.63, 3.8) is 0 Å². The molecule has 0 fully saturated rings. The van der Waals surface area contributed by atoms with E-state index in [9.17, 15) is 17.6 Å². The molecule has 1 aromatic carbocycles. The second-order valence-electron chi connectivity index (χ2n) is 4.38. The number of nitrogens with one attached hydrogen (secondary N) is 1. The average molecular weight is 287 g/mol. The van der Waals surface area contributed by atoms with E-state index in [0.717, 1.165) is 6.07 Å². The summed E-state index contributed by atoms with van der Waals surface area (Å²) in [4.78, 5) is 0. The summed E-state index contributed by atoms with van der Waals surface area (Å²) in [5, 5.41) is 6.75. The summed E-state index contributed by atoms with van der Waals surface area (Å²) in [6.45, 7) is 0. The van der Waals surface area contributed by atoms with Crippen LogP contribution >= 0.6 is 0 Å². The number of alkyl halides is 3. The molecular formula is C13H13F4N3. The van der Waals surface area contributed by atoms with Crippen molar-refractivity contribution in [1.29, 1.82) is 0 Å². The predicted octanol–water partition coefficient (Wildman–Crippen LogP) is 2.89. The van der Waals surface area contributed by atoms with Crippen LogP contribution in [0.25, 0.3) is 0 Å². The topological polar surface area (TPSA) is 29.9 Å². The normalized spacial score (nSPS) is 13.5. The Balaban J connectivity index is 2.51. The van der Waals surface area contributed by atoms with Crippen LogP contribution in [-0.2, 0) is 13.2 Å². The quantitative estimate of drug-likeness (QED) is 0.880. The predicted molar refractivity (Wildman–Crippen MR) is 65.5 cm³/mol. The molecule has 0 aliphatic rings. The number of aryl methyl sites for hydroxylation is 1. The highest BCUT2D eigenvalue weighted by atomic mass is 19.4. The average Bonchev–Trinajstić information content (AvgIpc) is 2.77. The van der Waals surface area contributed by atoms with Crippen molar-refractivity contribution in [3.8, 4) is 0 Å². The van der Waals surface area contributed by atoms with Crippen LogP contribution in [0.1, 0.15) is 22.7 Å². The first kappa shape index (κ1) is 14.5.